The average molecular weight is 449 g/mol. The van der Waals surface area contributed by atoms with E-state index in [0.29, 0.717) is 24.4 Å². The number of rotatable bonds is 6. The third-order valence-corrected chi connectivity index (χ3v) is 5.89. The Bertz CT molecular complexity index is 1220. The van der Waals surface area contributed by atoms with Gasteiger partial charge < -0.3 is 5.32 Å². The lowest BCUT2D eigenvalue weighted by Crippen LogP contribution is -2.40. The van der Waals surface area contributed by atoms with Gasteiger partial charge in [0.15, 0.2) is 0 Å². The maximum Gasteiger partial charge on any atom is 0.258 e. The molecule has 0 atom stereocenters. The molecule has 1 N–H and O–H groups in total. The Morgan fingerprint density at radius 1 is 1.18 bits per heavy atom. The Balaban J connectivity index is 1.59. The zero-order valence-corrected chi connectivity index (χ0v) is 19.3. The summed E-state index contributed by atoms with van der Waals surface area (Å²) in [6, 6.07) is 14.8. The Kier molecular flexibility index (Phi) is 6.70. The van der Waals surface area contributed by atoms with Crippen molar-refractivity contribution >= 4 is 11.6 Å². The van der Waals surface area contributed by atoms with Crippen LogP contribution in [0.3, 0.4) is 0 Å². The molecule has 0 aliphatic carbocycles. The van der Waals surface area contributed by atoms with Crippen molar-refractivity contribution in [2.75, 3.05) is 11.9 Å². The Morgan fingerprint density at radius 3 is 2.64 bits per heavy atom. The summed E-state index contributed by atoms with van der Waals surface area (Å²) in [7, 11) is 0. The molecule has 0 bridgehead atoms. The quantitative estimate of drug-likeness (QED) is 0.619. The van der Waals surface area contributed by atoms with Crippen molar-refractivity contribution in [3.8, 4) is 0 Å². The number of hydrogen-bond acceptors (Lipinski definition) is 4. The molecule has 2 heterocycles. The van der Waals surface area contributed by atoms with Crippen LogP contribution in [0.25, 0.3) is 0 Å². The van der Waals surface area contributed by atoms with Crippen LogP contribution in [-0.2, 0) is 30.8 Å². The Hall–Kier alpha value is -3.32. The average Bonchev–Trinajstić information content (AvgIpc) is 2.78. The smallest absolute Gasteiger partial charge is 0.258 e. The summed E-state index contributed by atoms with van der Waals surface area (Å²) in [5.41, 5.74) is 3.31. The molecule has 0 saturated heterocycles. The van der Waals surface area contributed by atoms with E-state index in [4.69, 9.17) is 4.98 Å². The van der Waals surface area contributed by atoms with Crippen LogP contribution in [0.4, 0.5) is 10.1 Å². The molecule has 0 spiro atoms. The van der Waals surface area contributed by atoms with Gasteiger partial charge in [0.05, 0.1) is 16.9 Å². The molecule has 4 rings (SSSR count). The SMILES string of the molecule is Cc1ccc(NC(=O)Cn2c(C(C)C)nc3c(c2=O)CN(Cc2ccccc2)CC3)c(F)c1. The number of nitrogens with zero attached hydrogens (tertiary/aromatic N) is 3. The van der Waals surface area contributed by atoms with Gasteiger partial charge in [-0.3, -0.25) is 19.1 Å². The molecule has 1 aliphatic rings. The lowest BCUT2D eigenvalue weighted by molar-refractivity contribution is -0.116. The summed E-state index contributed by atoms with van der Waals surface area (Å²) in [5.74, 6) is -0.413. The largest absolute Gasteiger partial charge is 0.322 e. The first-order valence-electron chi connectivity index (χ1n) is 11.3. The second kappa shape index (κ2) is 9.67. The van der Waals surface area contributed by atoms with Crippen molar-refractivity contribution in [2.24, 2.45) is 0 Å². The molecule has 0 fully saturated rings. The number of aryl methyl sites for hydroxylation is 1. The van der Waals surface area contributed by atoms with Crippen LogP contribution in [0.2, 0.25) is 0 Å². The number of aromatic nitrogens is 2. The molecule has 172 valence electrons. The van der Waals surface area contributed by atoms with E-state index in [1.807, 2.05) is 32.0 Å². The highest BCUT2D eigenvalue weighted by Crippen LogP contribution is 2.20. The van der Waals surface area contributed by atoms with Crippen LogP contribution in [0.5, 0.6) is 0 Å². The van der Waals surface area contributed by atoms with E-state index in [0.717, 1.165) is 24.3 Å². The molecule has 1 amide bonds. The van der Waals surface area contributed by atoms with Gasteiger partial charge in [0.2, 0.25) is 5.91 Å². The predicted octanol–water partition coefficient (Wildman–Crippen LogP) is 4.01. The van der Waals surface area contributed by atoms with Crippen LogP contribution in [0.15, 0.2) is 53.3 Å². The van der Waals surface area contributed by atoms with Crippen LogP contribution >= 0.6 is 0 Å². The van der Waals surface area contributed by atoms with Gasteiger partial charge >= 0.3 is 0 Å². The summed E-state index contributed by atoms with van der Waals surface area (Å²) < 4.78 is 15.6. The number of halogens is 1. The molecule has 2 aromatic carbocycles. The van der Waals surface area contributed by atoms with E-state index in [2.05, 4.69) is 22.3 Å². The number of nitrogens with one attached hydrogen (secondary N) is 1. The van der Waals surface area contributed by atoms with Crippen molar-refractivity contribution in [1.29, 1.82) is 0 Å². The zero-order valence-electron chi connectivity index (χ0n) is 19.3. The molecular weight excluding hydrogens is 419 g/mol. The topological polar surface area (TPSA) is 67.2 Å². The fraction of sp³-hybridized carbons (Fsp3) is 0.346. The fourth-order valence-electron chi connectivity index (χ4n) is 4.21. The van der Waals surface area contributed by atoms with Crippen molar-refractivity contribution in [2.45, 2.75) is 52.7 Å². The Morgan fingerprint density at radius 2 is 1.94 bits per heavy atom. The van der Waals surface area contributed by atoms with E-state index in [9.17, 15) is 14.0 Å². The lowest BCUT2D eigenvalue weighted by Gasteiger charge is -2.29. The van der Waals surface area contributed by atoms with Gasteiger partial charge in [-0.1, -0.05) is 50.2 Å². The highest BCUT2D eigenvalue weighted by molar-refractivity contribution is 5.90. The number of fused-ring (bicyclic) bond motifs is 1. The van der Waals surface area contributed by atoms with E-state index in [1.54, 1.807) is 13.0 Å². The molecular formula is C26H29FN4O2. The zero-order chi connectivity index (χ0) is 23.5. The summed E-state index contributed by atoms with van der Waals surface area (Å²) >= 11 is 0. The maximum atomic E-state index is 14.2. The number of benzene rings is 2. The second-order valence-electron chi connectivity index (χ2n) is 8.92. The minimum atomic E-state index is -0.500. The highest BCUT2D eigenvalue weighted by atomic mass is 19.1. The normalized spacial score (nSPS) is 13.7. The van der Waals surface area contributed by atoms with Crippen LogP contribution in [0.1, 0.15) is 48.0 Å². The number of amides is 1. The van der Waals surface area contributed by atoms with Gasteiger partial charge in [-0.15, -0.1) is 0 Å². The lowest BCUT2D eigenvalue weighted by atomic mass is 10.0. The standard InChI is InChI=1S/C26H29FN4O2/c1-17(2)25-29-22-11-12-30(14-19-7-5-4-6-8-19)15-20(22)26(33)31(25)16-24(32)28-23-10-9-18(3)13-21(23)27/h4-10,13,17H,11-12,14-16H2,1-3H3,(H,28,32). The van der Waals surface area contributed by atoms with Gasteiger partial charge in [0.1, 0.15) is 18.2 Å². The molecule has 3 aromatic rings. The minimum absolute atomic E-state index is 0.0331. The predicted molar refractivity (Wildman–Crippen MR) is 127 cm³/mol. The van der Waals surface area contributed by atoms with Crippen molar-refractivity contribution in [1.82, 2.24) is 14.5 Å². The molecule has 0 unspecified atom stereocenters. The Labute approximate surface area is 193 Å². The van der Waals surface area contributed by atoms with Crippen LogP contribution in [-0.4, -0.2) is 26.9 Å². The maximum absolute atomic E-state index is 14.2. The highest BCUT2D eigenvalue weighted by Gasteiger charge is 2.25. The van der Waals surface area contributed by atoms with Gasteiger partial charge in [-0.2, -0.15) is 0 Å². The summed E-state index contributed by atoms with van der Waals surface area (Å²) in [6.07, 6.45) is 0.693. The number of anilines is 1. The molecule has 7 heteroatoms. The van der Waals surface area contributed by atoms with Gasteiger partial charge in [0, 0.05) is 32.0 Å². The van der Waals surface area contributed by atoms with Gasteiger partial charge in [-0.25, -0.2) is 9.37 Å². The van der Waals surface area contributed by atoms with E-state index >= 15 is 0 Å². The van der Waals surface area contributed by atoms with E-state index in [1.165, 1.54) is 22.3 Å². The second-order valence-corrected chi connectivity index (χ2v) is 8.92. The van der Waals surface area contributed by atoms with Crippen LogP contribution < -0.4 is 10.9 Å². The molecule has 1 aromatic heterocycles. The summed E-state index contributed by atoms with van der Waals surface area (Å²) in [6.45, 7) is 7.53. The van der Waals surface area contributed by atoms with Crippen LogP contribution in [0, 0.1) is 12.7 Å². The summed E-state index contributed by atoms with van der Waals surface area (Å²) in [5, 5.41) is 2.59. The van der Waals surface area contributed by atoms with Crippen molar-refractivity contribution < 1.29 is 9.18 Å². The van der Waals surface area contributed by atoms with Crippen molar-refractivity contribution in [3.05, 3.63) is 92.9 Å². The third-order valence-electron chi connectivity index (χ3n) is 5.89. The third kappa shape index (κ3) is 5.20. The van der Waals surface area contributed by atoms with Gasteiger partial charge in [-0.05, 0) is 30.2 Å². The molecule has 33 heavy (non-hydrogen) atoms. The molecule has 0 radical (unpaired) electrons. The minimum Gasteiger partial charge on any atom is -0.322 e. The van der Waals surface area contributed by atoms with E-state index < -0.39 is 11.7 Å². The number of hydrogen-bond donors (Lipinski definition) is 1. The van der Waals surface area contributed by atoms with E-state index in [-0.39, 0.29) is 23.7 Å². The molecule has 0 saturated carbocycles. The first-order chi connectivity index (χ1) is 15.8. The summed E-state index contributed by atoms with van der Waals surface area (Å²) in [4.78, 5) is 33.2. The fourth-order valence-corrected chi connectivity index (χ4v) is 4.21. The first kappa shape index (κ1) is 22.9. The number of carbonyl (C=O) groups excluding carboxylic acids is 1. The van der Waals surface area contributed by atoms with Crippen molar-refractivity contribution in [3.63, 3.8) is 0 Å². The molecule has 1 aliphatic heterocycles. The first-order valence-corrected chi connectivity index (χ1v) is 11.3. The number of carbonyl (C=O) groups is 1. The molecule has 6 nitrogen and oxygen atoms in total. The van der Waals surface area contributed by atoms with Gasteiger partial charge in [0.25, 0.3) is 5.56 Å². The monoisotopic (exact) mass is 448 g/mol.